The molecule has 0 N–H and O–H groups in total. The molecule has 10 heavy (non-hydrogen) atoms. The maximum Gasteiger partial charge on any atom is 0.0605 e. The number of thiophene rings is 1. The van der Waals surface area contributed by atoms with Gasteiger partial charge in [0.25, 0.3) is 0 Å². The lowest BCUT2D eigenvalue weighted by atomic mass is 9.89. The Bertz CT molecular complexity index is 217. The van der Waals surface area contributed by atoms with Gasteiger partial charge in [0.2, 0.25) is 0 Å². The molecule has 0 bridgehead atoms. The number of hydrogen-bond acceptors (Lipinski definition) is 2. The summed E-state index contributed by atoms with van der Waals surface area (Å²) in [5, 5.41) is 2.09. The molecule has 0 aliphatic carbocycles. The lowest BCUT2D eigenvalue weighted by molar-refractivity contribution is 0.583. The minimum atomic E-state index is 0.247. The zero-order valence-electron chi connectivity index (χ0n) is 6.51. The van der Waals surface area contributed by atoms with E-state index in [1.54, 1.807) is 11.3 Å². The molecule has 56 valence electrons. The molecule has 0 radical (unpaired) electrons. The van der Waals surface area contributed by atoms with E-state index in [2.05, 4.69) is 44.8 Å². The summed E-state index contributed by atoms with van der Waals surface area (Å²) in [6.07, 6.45) is 0. The van der Waals surface area contributed by atoms with Gasteiger partial charge in [-0.25, -0.2) is 0 Å². The van der Waals surface area contributed by atoms with Crippen molar-refractivity contribution in [1.29, 1.82) is 0 Å². The zero-order chi connectivity index (χ0) is 7.78. The van der Waals surface area contributed by atoms with Crippen molar-refractivity contribution < 1.29 is 0 Å². The van der Waals surface area contributed by atoms with Crippen molar-refractivity contribution in [1.82, 2.24) is 0 Å². The average molecular weight is 172 g/mol. The fourth-order valence-electron chi connectivity index (χ4n) is 0.872. The van der Waals surface area contributed by atoms with Crippen LogP contribution in [0.2, 0.25) is 0 Å². The summed E-state index contributed by atoms with van der Waals surface area (Å²) in [5.41, 5.74) is 1.60. The summed E-state index contributed by atoms with van der Waals surface area (Å²) in [4.78, 5) is 0. The van der Waals surface area contributed by atoms with E-state index in [0.29, 0.717) is 0 Å². The predicted molar refractivity (Wildman–Crippen MR) is 50.3 cm³/mol. The first kappa shape index (κ1) is 8.15. The molecule has 1 heterocycles. The fourth-order valence-corrected chi connectivity index (χ4v) is 2.30. The van der Waals surface area contributed by atoms with Crippen molar-refractivity contribution in [2.45, 2.75) is 30.4 Å². The van der Waals surface area contributed by atoms with Crippen LogP contribution in [0.1, 0.15) is 26.3 Å². The van der Waals surface area contributed by atoms with Crippen LogP contribution in [-0.4, -0.2) is 0 Å². The average Bonchev–Trinajstić information content (AvgIpc) is 2.11. The van der Waals surface area contributed by atoms with Gasteiger partial charge in [0.05, 0.1) is 4.21 Å². The van der Waals surface area contributed by atoms with Crippen LogP contribution >= 0.6 is 24.0 Å². The summed E-state index contributed by atoms with van der Waals surface area (Å²) in [6, 6.07) is 2.15. The summed E-state index contributed by atoms with van der Waals surface area (Å²) in [6.45, 7) is 6.61. The van der Waals surface area contributed by atoms with Crippen molar-refractivity contribution in [2.24, 2.45) is 0 Å². The van der Waals surface area contributed by atoms with Crippen molar-refractivity contribution in [3.63, 3.8) is 0 Å². The Morgan fingerprint density at radius 2 is 2.00 bits per heavy atom. The second-order valence-corrected chi connectivity index (χ2v) is 5.06. The van der Waals surface area contributed by atoms with Gasteiger partial charge in [0.15, 0.2) is 0 Å². The van der Waals surface area contributed by atoms with E-state index in [4.69, 9.17) is 0 Å². The summed E-state index contributed by atoms with van der Waals surface area (Å²) in [7, 11) is 0. The van der Waals surface area contributed by atoms with Crippen molar-refractivity contribution in [2.75, 3.05) is 0 Å². The van der Waals surface area contributed by atoms with E-state index in [9.17, 15) is 0 Å². The van der Waals surface area contributed by atoms with Crippen molar-refractivity contribution in [3.05, 3.63) is 17.0 Å². The van der Waals surface area contributed by atoms with Crippen LogP contribution in [0.3, 0.4) is 0 Å². The molecule has 0 unspecified atom stereocenters. The van der Waals surface area contributed by atoms with Gasteiger partial charge in [-0.1, -0.05) is 20.8 Å². The van der Waals surface area contributed by atoms with E-state index in [-0.39, 0.29) is 5.41 Å². The van der Waals surface area contributed by atoms with Gasteiger partial charge < -0.3 is 0 Å². The molecule has 1 aromatic rings. The first-order valence-electron chi connectivity index (χ1n) is 3.29. The Hall–Kier alpha value is 0.0500. The molecule has 0 aliphatic heterocycles. The molecule has 0 atom stereocenters. The van der Waals surface area contributed by atoms with Gasteiger partial charge in [-0.05, 0) is 22.4 Å². The Kier molecular flexibility index (Phi) is 2.11. The van der Waals surface area contributed by atoms with Gasteiger partial charge in [0, 0.05) is 0 Å². The highest BCUT2D eigenvalue weighted by Gasteiger charge is 2.16. The molecule has 0 spiro atoms. The third-order valence-corrected chi connectivity index (χ3v) is 2.73. The highest BCUT2D eigenvalue weighted by molar-refractivity contribution is 7.82. The molecular weight excluding hydrogens is 160 g/mol. The smallest absolute Gasteiger partial charge is 0.0605 e. The van der Waals surface area contributed by atoms with Crippen molar-refractivity contribution >= 4 is 24.0 Å². The van der Waals surface area contributed by atoms with Crippen LogP contribution in [0.5, 0.6) is 0 Å². The monoisotopic (exact) mass is 172 g/mol. The van der Waals surface area contributed by atoms with E-state index in [1.165, 1.54) is 5.56 Å². The SMILES string of the molecule is CC(C)(C)c1ccsc1S. The molecule has 0 fully saturated rings. The summed E-state index contributed by atoms with van der Waals surface area (Å²) < 4.78 is 1.15. The van der Waals surface area contributed by atoms with Crippen LogP contribution in [0.25, 0.3) is 0 Å². The highest BCUT2D eigenvalue weighted by atomic mass is 32.2. The van der Waals surface area contributed by atoms with Gasteiger partial charge in [0.1, 0.15) is 0 Å². The first-order chi connectivity index (χ1) is 4.52. The molecule has 0 amide bonds. The molecule has 0 saturated heterocycles. The number of hydrogen-bond donors (Lipinski definition) is 1. The Morgan fingerprint density at radius 1 is 1.40 bits per heavy atom. The molecule has 1 aromatic heterocycles. The maximum absolute atomic E-state index is 4.36. The van der Waals surface area contributed by atoms with Crippen molar-refractivity contribution in [3.8, 4) is 0 Å². The lowest BCUT2D eigenvalue weighted by Crippen LogP contribution is -2.09. The zero-order valence-corrected chi connectivity index (χ0v) is 8.22. The number of rotatable bonds is 0. The Balaban J connectivity index is 3.05. The molecule has 0 aliphatic rings. The molecule has 0 saturated carbocycles. The summed E-state index contributed by atoms with van der Waals surface area (Å²) in [5.74, 6) is 0. The second kappa shape index (κ2) is 2.59. The van der Waals surface area contributed by atoms with Gasteiger partial charge in [-0.3, -0.25) is 0 Å². The molecule has 1 rings (SSSR count). The predicted octanol–water partition coefficient (Wildman–Crippen LogP) is 3.33. The highest BCUT2D eigenvalue weighted by Crippen LogP contribution is 2.31. The van der Waals surface area contributed by atoms with Crippen LogP contribution in [0.15, 0.2) is 15.7 Å². The lowest BCUT2D eigenvalue weighted by Gasteiger charge is -2.17. The molecule has 2 heteroatoms. The van der Waals surface area contributed by atoms with Crippen LogP contribution in [0, 0.1) is 0 Å². The minimum absolute atomic E-state index is 0.247. The largest absolute Gasteiger partial charge is 0.137 e. The topological polar surface area (TPSA) is 0 Å². The van der Waals surface area contributed by atoms with Gasteiger partial charge >= 0.3 is 0 Å². The van der Waals surface area contributed by atoms with E-state index in [0.717, 1.165) is 4.21 Å². The minimum Gasteiger partial charge on any atom is -0.137 e. The van der Waals surface area contributed by atoms with E-state index < -0.39 is 0 Å². The molecular formula is C8H12S2. The van der Waals surface area contributed by atoms with Gasteiger partial charge in [-0.2, -0.15) is 0 Å². The fraction of sp³-hybridized carbons (Fsp3) is 0.500. The van der Waals surface area contributed by atoms with Crippen LogP contribution in [-0.2, 0) is 5.41 Å². The standard InChI is InChI=1S/C8H12S2/c1-8(2,3)6-4-5-10-7(6)9/h4-5,9H,1-3H3. The number of thiol groups is 1. The van der Waals surface area contributed by atoms with E-state index >= 15 is 0 Å². The van der Waals surface area contributed by atoms with E-state index in [1.807, 2.05) is 0 Å². The normalized spacial score (nSPS) is 12.0. The second-order valence-electron chi connectivity index (χ2n) is 3.39. The first-order valence-corrected chi connectivity index (χ1v) is 4.61. The quantitative estimate of drug-likeness (QED) is 0.570. The Labute approximate surface area is 71.7 Å². The summed E-state index contributed by atoms with van der Waals surface area (Å²) >= 11 is 6.06. The van der Waals surface area contributed by atoms with Crippen LogP contribution < -0.4 is 0 Å². The van der Waals surface area contributed by atoms with Gasteiger partial charge in [-0.15, -0.1) is 24.0 Å². The third-order valence-electron chi connectivity index (χ3n) is 1.45. The maximum atomic E-state index is 4.36. The van der Waals surface area contributed by atoms with Crippen LogP contribution in [0.4, 0.5) is 0 Å². The molecule has 0 nitrogen and oxygen atoms in total. The third kappa shape index (κ3) is 1.55. The Morgan fingerprint density at radius 3 is 2.20 bits per heavy atom. The molecule has 0 aromatic carbocycles.